The third-order valence-electron chi connectivity index (χ3n) is 1.86. The van der Waals surface area contributed by atoms with Crippen molar-refractivity contribution in [1.29, 1.82) is 0 Å². The fourth-order valence-corrected chi connectivity index (χ4v) is 1.14. The first-order valence-corrected chi connectivity index (χ1v) is 4.21. The minimum atomic E-state index is -4.13. The standard InChI is InChI=1S/C10H12F3N/c1-14(2)9-5-3-8(4-6-9)7-10(11,12)13/h3-6H,7H2,1-2H3. The molecule has 0 bridgehead atoms. The number of alkyl halides is 3. The number of hydrogen-bond donors (Lipinski definition) is 0. The number of nitrogens with zero attached hydrogens (tertiary/aromatic N) is 1. The lowest BCUT2D eigenvalue weighted by molar-refractivity contribution is -0.127. The first-order chi connectivity index (χ1) is 6.38. The number of anilines is 1. The van der Waals surface area contributed by atoms with Gasteiger partial charge < -0.3 is 4.90 Å². The van der Waals surface area contributed by atoms with Gasteiger partial charge >= 0.3 is 6.18 Å². The summed E-state index contributed by atoms with van der Waals surface area (Å²) in [5.41, 5.74) is 1.19. The normalized spacial score (nSPS) is 11.5. The zero-order valence-corrected chi connectivity index (χ0v) is 8.10. The Morgan fingerprint density at radius 3 is 1.93 bits per heavy atom. The molecule has 0 saturated carbocycles. The lowest BCUT2D eigenvalue weighted by Crippen LogP contribution is -2.12. The van der Waals surface area contributed by atoms with E-state index in [1.54, 1.807) is 12.1 Å². The number of halogens is 3. The van der Waals surface area contributed by atoms with Gasteiger partial charge in [-0.15, -0.1) is 0 Å². The molecule has 0 atom stereocenters. The van der Waals surface area contributed by atoms with Crippen LogP contribution in [0.5, 0.6) is 0 Å². The minimum absolute atomic E-state index is 0.295. The van der Waals surface area contributed by atoms with Gasteiger partial charge in [-0.3, -0.25) is 0 Å². The molecule has 1 aromatic rings. The van der Waals surface area contributed by atoms with E-state index in [0.717, 1.165) is 5.69 Å². The largest absolute Gasteiger partial charge is 0.393 e. The Morgan fingerprint density at radius 2 is 1.57 bits per heavy atom. The average molecular weight is 203 g/mol. The monoisotopic (exact) mass is 203 g/mol. The maximum Gasteiger partial charge on any atom is 0.393 e. The van der Waals surface area contributed by atoms with Gasteiger partial charge in [0.25, 0.3) is 0 Å². The highest BCUT2D eigenvalue weighted by molar-refractivity contribution is 5.46. The molecular formula is C10H12F3N. The Hall–Kier alpha value is -1.19. The first kappa shape index (κ1) is 10.9. The molecule has 1 aromatic carbocycles. The van der Waals surface area contributed by atoms with Crippen molar-refractivity contribution in [1.82, 2.24) is 0 Å². The van der Waals surface area contributed by atoms with E-state index in [-0.39, 0.29) is 0 Å². The Bertz CT molecular complexity index is 287. The summed E-state index contributed by atoms with van der Waals surface area (Å²) in [4.78, 5) is 1.84. The van der Waals surface area contributed by atoms with Gasteiger partial charge in [0, 0.05) is 19.8 Å². The SMILES string of the molecule is CN(C)c1ccc(CC(F)(F)F)cc1. The summed E-state index contributed by atoms with van der Waals surface area (Å²) in [6.07, 6.45) is -4.99. The Kier molecular flexibility index (Phi) is 3.03. The van der Waals surface area contributed by atoms with Gasteiger partial charge in [-0.2, -0.15) is 13.2 Å². The molecular weight excluding hydrogens is 191 g/mol. The van der Waals surface area contributed by atoms with E-state index in [0.29, 0.717) is 5.56 Å². The van der Waals surface area contributed by atoms with Gasteiger partial charge in [0.2, 0.25) is 0 Å². The molecule has 0 heterocycles. The van der Waals surface area contributed by atoms with Crippen molar-refractivity contribution < 1.29 is 13.2 Å². The molecule has 0 radical (unpaired) electrons. The molecule has 0 aromatic heterocycles. The maximum absolute atomic E-state index is 12.0. The summed E-state index contributed by atoms with van der Waals surface area (Å²) < 4.78 is 36.0. The second-order valence-corrected chi connectivity index (χ2v) is 3.35. The van der Waals surface area contributed by atoms with E-state index in [9.17, 15) is 13.2 Å². The molecule has 0 spiro atoms. The highest BCUT2D eigenvalue weighted by Crippen LogP contribution is 2.22. The summed E-state index contributed by atoms with van der Waals surface area (Å²) in [5.74, 6) is 0. The molecule has 0 aliphatic heterocycles. The number of hydrogen-bond acceptors (Lipinski definition) is 1. The van der Waals surface area contributed by atoms with Crippen molar-refractivity contribution in [2.45, 2.75) is 12.6 Å². The average Bonchev–Trinajstić information content (AvgIpc) is 2.02. The highest BCUT2D eigenvalue weighted by Gasteiger charge is 2.27. The molecule has 0 aliphatic rings. The van der Waals surface area contributed by atoms with E-state index in [2.05, 4.69) is 0 Å². The van der Waals surface area contributed by atoms with Gasteiger partial charge in [-0.05, 0) is 17.7 Å². The fraction of sp³-hybridized carbons (Fsp3) is 0.400. The zero-order chi connectivity index (χ0) is 10.8. The molecule has 78 valence electrons. The molecule has 1 nitrogen and oxygen atoms in total. The molecule has 14 heavy (non-hydrogen) atoms. The van der Waals surface area contributed by atoms with Crippen LogP contribution >= 0.6 is 0 Å². The minimum Gasteiger partial charge on any atom is -0.378 e. The van der Waals surface area contributed by atoms with Gasteiger partial charge in [0.1, 0.15) is 0 Å². The molecule has 0 saturated heterocycles. The molecule has 0 amide bonds. The lowest BCUT2D eigenvalue weighted by atomic mass is 10.1. The van der Waals surface area contributed by atoms with Crippen LogP contribution in [0.4, 0.5) is 18.9 Å². The predicted molar refractivity (Wildman–Crippen MR) is 50.5 cm³/mol. The van der Waals surface area contributed by atoms with Gasteiger partial charge in [0.05, 0.1) is 6.42 Å². The van der Waals surface area contributed by atoms with Crippen molar-refractivity contribution in [3.8, 4) is 0 Å². The summed E-state index contributed by atoms with van der Waals surface area (Å²) in [7, 11) is 3.69. The molecule has 4 heteroatoms. The summed E-state index contributed by atoms with van der Waals surface area (Å²) in [6, 6.07) is 6.37. The zero-order valence-electron chi connectivity index (χ0n) is 8.10. The third kappa shape index (κ3) is 3.28. The van der Waals surface area contributed by atoms with E-state index >= 15 is 0 Å². The van der Waals surface area contributed by atoms with Crippen LogP contribution in [0, 0.1) is 0 Å². The van der Waals surface area contributed by atoms with E-state index in [1.807, 2.05) is 19.0 Å². The van der Waals surface area contributed by atoms with Gasteiger partial charge in [-0.25, -0.2) is 0 Å². The van der Waals surface area contributed by atoms with Crippen LogP contribution in [0.1, 0.15) is 5.56 Å². The fourth-order valence-electron chi connectivity index (χ4n) is 1.14. The van der Waals surface area contributed by atoms with Crippen molar-refractivity contribution in [2.24, 2.45) is 0 Å². The molecule has 0 aliphatic carbocycles. The summed E-state index contributed by atoms with van der Waals surface area (Å²) in [5, 5.41) is 0. The molecule has 0 unspecified atom stereocenters. The smallest absolute Gasteiger partial charge is 0.378 e. The summed E-state index contributed by atoms with van der Waals surface area (Å²) >= 11 is 0. The van der Waals surface area contributed by atoms with Crippen molar-refractivity contribution in [2.75, 3.05) is 19.0 Å². The van der Waals surface area contributed by atoms with Crippen LogP contribution in [0.2, 0.25) is 0 Å². The Balaban J connectivity index is 2.74. The molecule has 1 rings (SSSR count). The maximum atomic E-state index is 12.0. The number of rotatable bonds is 2. The van der Waals surface area contributed by atoms with Crippen LogP contribution in [0.15, 0.2) is 24.3 Å². The van der Waals surface area contributed by atoms with Crippen molar-refractivity contribution in [3.63, 3.8) is 0 Å². The Labute approximate surface area is 81.1 Å². The quantitative estimate of drug-likeness (QED) is 0.714. The van der Waals surface area contributed by atoms with Crippen LogP contribution in [0.25, 0.3) is 0 Å². The van der Waals surface area contributed by atoms with E-state index < -0.39 is 12.6 Å². The van der Waals surface area contributed by atoms with Crippen LogP contribution < -0.4 is 4.90 Å². The van der Waals surface area contributed by atoms with Gasteiger partial charge in [0.15, 0.2) is 0 Å². The second kappa shape index (κ2) is 3.90. The molecule has 0 N–H and O–H groups in total. The first-order valence-electron chi connectivity index (χ1n) is 4.21. The Morgan fingerprint density at radius 1 is 1.07 bits per heavy atom. The van der Waals surface area contributed by atoms with Crippen molar-refractivity contribution >= 4 is 5.69 Å². The van der Waals surface area contributed by atoms with E-state index in [4.69, 9.17) is 0 Å². The second-order valence-electron chi connectivity index (χ2n) is 3.35. The van der Waals surface area contributed by atoms with E-state index in [1.165, 1.54) is 12.1 Å². The molecule has 0 fully saturated rings. The number of benzene rings is 1. The highest BCUT2D eigenvalue weighted by atomic mass is 19.4. The van der Waals surface area contributed by atoms with Crippen molar-refractivity contribution in [3.05, 3.63) is 29.8 Å². The van der Waals surface area contributed by atoms with Crippen LogP contribution in [-0.2, 0) is 6.42 Å². The van der Waals surface area contributed by atoms with Crippen LogP contribution in [-0.4, -0.2) is 20.3 Å². The summed E-state index contributed by atoms with van der Waals surface area (Å²) in [6.45, 7) is 0. The third-order valence-corrected chi connectivity index (χ3v) is 1.86. The lowest BCUT2D eigenvalue weighted by Gasteiger charge is -2.13. The van der Waals surface area contributed by atoms with Crippen LogP contribution in [0.3, 0.4) is 0 Å². The van der Waals surface area contributed by atoms with Gasteiger partial charge in [-0.1, -0.05) is 12.1 Å². The predicted octanol–water partition coefficient (Wildman–Crippen LogP) is 2.86. The topological polar surface area (TPSA) is 3.24 Å².